The molecule has 0 aliphatic heterocycles. The van der Waals surface area contributed by atoms with E-state index in [2.05, 4.69) is 47.7 Å². The molecule has 16 heavy (non-hydrogen) atoms. The van der Waals surface area contributed by atoms with Gasteiger partial charge in [-0.3, -0.25) is 4.57 Å². The molecule has 0 aliphatic rings. The molecule has 0 fully saturated rings. The molecule has 0 spiro atoms. The van der Waals surface area contributed by atoms with Gasteiger partial charge in [-0.2, -0.15) is 0 Å². The highest BCUT2D eigenvalue weighted by molar-refractivity contribution is 7.98. The third kappa shape index (κ3) is 2.14. The van der Waals surface area contributed by atoms with Gasteiger partial charge >= 0.3 is 0 Å². The number of imidazole rings is 1. The Hall–Kier alpha value is -1.22. The molecule has 2 aromatic rings. The third-order valence-corrected chi connectivity index (χ3v) is 3.29. The Bertz CT molecular complexity index is 457. The molecular formula is C13H16N2S. The summed E-state index contributed by atoms with van der Waals surface area (Å²) in [6.45, 7) is 4.42. The lowest BCUT2D eigenvalue weighted by Crippen LogP contribution is -1.95. The van der Waals surface area contributed by atoms with Crippen LogP contribution in [0.5, 0.6) is 0 Å². The first-order chi connectivity index (χ1) is 7.72. The van der Waals surface area contributed by atoms with Crippen LogP contribution in [0.2, 0.25) is 0 Å². The minimum atomic E-state index is 0.580. The molecule has 0 unspecified atom stereocenters. The van der Waals surface area contributed by atoms with Crippen molar-refractivity contribution in [2.45, 2.75) is 24.9 Å². The third-order valence-electron chi connectivity index (χ3n) is 2.63. The molecule has 3 heteroatoms. The molecule has 1 aromatic heterocycles. The van der Waals surface area contributed by atoms with E-state index >= 15 is 0 Å². The first kappa shape index (κ1) is 11.3. The fourth-order valence-electron chi connectivity index (χ4n) is 1.66. The van der Waals surface area contributed by atoms with Crippen molar-refractivity contribution in [1.82, 2.24) is 9.55 Å². The van der Waals surface area contributed by atoms with Crippen molar-refractivity contribution >= 4 is 11.8 Å². The van der Waals surface area contributed by atoms with Gasteiger partial charge in [-0.1, -0.05) is 37.7 Å². The summed E-state index contributed by atoms with van der Waals surface area (Å²) in [7, 11) is 0. The highest BCUT2D eigenvalue weighted by Gasteiger charge is 2.04. The molecule has 0 saturated heterocycles. The number of thioether (sulfide) groups is 1. The van der Waals surface area contributed by atoms with Crippen LogP contribution in [0.1, 0.15) is 25.3 Å². The minimum absolute atomic E-state index is 0.580. The van der Waals surface area contributed by atoms with Crippen molar-refractivity contribution in [2.24, 2.45) is 0 Å². The minimum Gasteiger partial charge on any atom is -0.295 e. The van der Waals surface area contributed by atoms with Crippen molar-refractivity contribution < 1.29 is 0 Å². The van der Waals surface area contributed by atoms with E-state index in [1.807, 2.05) is 18.6 Å². The van der Waals surface area contributed by atoms with Crippen molar-refractivity contribution in [1.29, 1.82) is 0 Å². The van der Waals surface area contributed by atoms with Crippen LogP contribution in [-0.2, 0) is 0 Å². The predicted molar refractivity (Wildman–Crippen MR) is 69.4 cm³/mol. The van der Waals surface area contributed by atoms with E-state index in [4.69, 9.17) is 0 Å². The van der Waals surface area contributed by atoms with Crippen LogP contribution in [0.15, 0.2) is 41.8 Å². The summed E-state index contributed by atoms with van der Waals surface area (Å²) >= 11 is 1.66. The summed E-state index contributed by atoms with van der Waals surface area (Å²) in [4.78, 5) is 4.29. The second kappa shape index (κ2) is 4.74. The maximum Gasteiger partial charge on any atom is 0.172 e. The topological polar surface area (TPSA) is 17.8 Å². The van der Waals surface area contributed by atoms with Crippen LogP contribution in [0, 0.1) is 0 Å². The largest absolute Gasteiger partial charge is 0.295 e. The van der Waals surface area contributed by atoms with Gasteiger partial charge in [0.1, 0.15) is 0 Å². The van der Waals surface area contributed by atoms with Gasteiger partial charge in [0.25, 0.3) is 0 Å². The molecule has 0 N–H and O–H groups in total. The molecule has 1 aromatic carbocycles. The zero-order valence-electron chi connectivity index (χ0n) is 9.84. The molecule has 0 atom stereocenters. The smallest absolute Gasteiger partial charge is 0.172 e. The van der Waals surface area contributed by atoms with Crippen molar-refractivity contribution in [3.05, 3.63) is 42.2 Å². The zero-order chi connectivity index (χ0) is 11.5. The average Bonchev–Trinajstić information content (AvgIpc) is 2.77. The van der Waals surface area contributed by atoms with Crippen LogP contribution in [-0.4, -0.2) is 15.8 Å². The summed E-state index contributed by atoms with van der Waals surface area (Å²) in [5.41, 5.74) is 2.54. The Morgan fingerprint density at radius 1 is 1.19 bits per heavy atom. The van der Waals surface area contributed by atoms with Crippen LogP contribution < -0.4 is 0 Å². The standard InChI is InChI=1S/C13H16N2S/c1-10(2)11-4-6-12(7-5-11)15-9-8-14-13(15)16-3/h4-10H,1-3H3. The number of benzene rings is 1. The Kier molecular flexibility index (Phi) is 3.34. The number of nitrogens with zero attached hydrogens (tertiary/aromatic N) is 2. The quantitative estimate of drug-likeness (QED) is 0.751. The van der Waals surface area contributed by atoms with Crippen molar-refractivity contribution in [3.63, 3.8) is 0 Å². The maximum atomic E-state index is 4.29. The highest BCUT2D eigenvalue weighted by atomic mass is 32.2. The van der Waals surface area contributed by atoms with Crippen LogP contribution in [0.25, 0.3) is 5.69 Å². The van der Waals surface area contributed by atoms with Crippen LogP contribution in [0.4, 0.5) is 0 Å². The summed E-state index contributed by atoms with van der Waals surface area (Å²) in [6.07, 6.45) is 5.87. The Balaban J connectivity index is 2.35. The second-order valence-electron chi connectivity index (χ2n) is 4.03. The van der Waals surface area contributed by atoms with Crippen LogP contribution in [0.3, 0.4) is 0 Å². The number of hydrogen-bond donors (Lipinski definition) is 0. The van der Waals surface area contributed by atoms with E-state index in [0.717, 1.165) is 5.16 Å². The first-order valence-corrected chi connectivity index (χ1v) is 6.62. The average molecular weight is 232 g/mol. The van der Waals surface area contributed by atoms with Gasteiger partial charge in [-0.05, 0) is 29.9 Å². The van der Waals surface area contributed by atoms with E-state index < -0.39 is 0 Å². The lowest BCUT2D eigenvalue weighted by molar-refractivity contribution is 0.858. The molecule has 2 nitrogen and oxygen atoms in total. The molecule has 1 heterocycles. The highest BCUT2D eigenvalue weighted by Crippen LogP contribution is 2.20. The molecule has 2 rings (SSSR count). The lowest BCUT2D eigenvalue weighted by Gasteiger charge is -2.09. The van der Waals surface area contributed by atoms with E-state index in [9.17, 15) is 0 Å². The fraction of sp³-hybridized carbons (Fsp3) is 0.308. The number of hydrogen-bond acceptors (Lipinski definition) is 2. The van der Waals surface area contributed by atoms with Crippen molar-refractivity contribution in [3.8, 4) is 5.69 Å². The number of aromatic nitrogens is 2. The van der Waals surface area contributed by atoms with Gasteiger partial charge in [0.15, 0.2) is 5.16 Å². The van der Waals surface area contributed by atoms with Crippen molar-refractivity contribution in [2.75, 3.05) is 6.26 Å². The van der Waals surface area contributed by atoms with Gasteiger partial charge < -0.3 is 0 Å². The Morgan fingerprint density at radius 2 is 1.88 bits per heavy atom. The van der Waals surface area contributed by atoms with Gasteiger partial charge in [0.05, 0.1) is 0 Å². The predicted octanol–water partition coefficient (Wildman–Crippen LogP) is 3.72. The molecular weight excluding hydrogens is 216 g/mol. The van der Waals surface area contributed by atoms with E-state index in [-0.39, 0.29) is 0 Å². The molecule has 0 bridgehead atoms. The first-order valence-electron chi connectivity index (χ1n) is 5.40. The summed E-state index contributed by atoms with van der Waals surface area (Å²) < 4.78 is 2.11. The number of rotatable bonds is 3. The Morgan fingerprint density at radius 3 is 2.44 bits per heavy atom. The van der Waals surface area contributed by atoms with Crippen LogP contribution >= 0.6 is 11.8 Å². The molecule has 0 aliphatic carbocycles. The van der Waals surface area contributed by atoms with E-state index in [0.29, 0.717) is 5.92 Å². The summed E-state index contributed by atoms with van der Waals surface area (Å²) in [5.74, 6) is 0.580. The summed E-state index contributed by atoms with van der Waals surface area (Å²) in [6, 6.07) is 8.67. The van der Waals surface area contributed by atoms with Gasteiger partial charge in [-0.25, -0.2) is 4.98 Å². The lowest BCUT2D eigenvalue weighted by atomic mass is 10.0. The maximum absolute atomic E-state index is 4.29. The monoisotopic (exact) mass is 232 g/mol. The zero-order valence-corrected chi connectivity index (χ0v) is 10.7. The van der Waals surface area contributed by atoms with Gasteiger partial charge in [-0.15, -0.1) is 0 Å². The fourth-order valence-corrected chi connectivity index (χ4v) is 2.19. The van der Waals surface area contributed by atoms with Gasteiger partial charge in [0.2, 0.25) is 0 Å². The second-order valence-corrected chi connectivity index (χ2v) is 4.80. The molecule has 84 valence electrons. The van der Waals surface area contributed by atoms with E-state index in [1.165, 1.54) is 11.3 Å². The SMILES string of the molecule is CSc1nccn1-c1ccc(C(C)C)cc1. The summed E-state index contributed by atoms with van der Waals surface area (Å²) in [5, 5.41) is 1.03. The Labute approximate surface area is 101 Å². The normalized spacial score (nSPS) is 11.0. The molecule has 0 radical (unpaired) electrons. The van der Waals surface area contributed by atoms with Gasteiger partial charge in [0, 0.05) is 18.1 Å². The molecule has 0 amide bonds. The molecule has 0 saturated carbocycles. The van der Waals surface area contributed by atoms with E-state index in [1.54, 1.807) is 11.8 Å².